The second-order valence-corrected chi connectivity index (χ2v) is 3.67. The molecule has 5 nitrogen and oxygen atoms in total. The van der Waals surface area contributed by atoms with Crippen molar-refractivity contribution in [2.24, 2.45) is 5.92 Å². The van der Waals surface area contributed by atoms with Crippen molar-refractivity contribution in [1.29, 1.82) is 0 Å². The SMILES string of the molecule is C[C@H](NNC(=O)C1CCCC1)C(=O)O. The normalized spacial score (nSPS) is 19.2. The molecule has 5 heteroatoms. The predicted octanol–water partition coefficient (Wildman–Crippen LogP) is 0.270. The number of carboxylic acids is 1. The monoisotopic (exact) mass is 200 g/mol. The molecule has 80 valence electrons. The molecular formula is C9H16N2O3. The Labute approximate surface area is 82.8 Å². The van der Waals surface area contributed by atoms with Crippen LogP contribution in [0, 0.1) is 5.92 Å². The molecule has 1 atom stereocenters. The summed E-state index contributed by atoms with van der Waals surface area (Å²) >= 11 is 0. The van der Waals surface area contributed by atoms with Crippen LogP contribution >= 0.6 is 0 Å². The summed E-state index contributed by atoms with van der Waals surface area (Å²) in [7, 11) is 0. The third kappa shape index (κ3) is 2.99. The van der Waals surface area contributed by atoms with Gasteiger partial charge in [-0.15, -0.1) is 0 Å². The van der Waals surface area contributed by atoms with Crippen LogP contribution in [0.25, 0.3) is 0 Å². The summed E-state index contributed by atoms with van der Waals surface area (Å²) in [6, 6.07) is -0.750. The molecule has 0 radical (unpaired) electrons. The second kappa shape index (κ2) is 4.95. The van der Waals surface area contributed by atoms with Gasteiger partial charge in [0, 0.05) is 5.92 Å². The van der Waals surface area contributed by atoms with Crippen LogP contribution in [0.3, 0.4) is 0 Å². The number of rotatable bonds is 4. The Morgan fingerprint density at radius 2 is 1.93 bits per heavy atom. The predicted molar refractivity (Wildman–Crippen MR) is 50.3 cm³/mol. The van der Waals surface area contributed by atoms with Crippen molar-refractivity contribution in [2.75, 3.05) is 0 Å². The maximum absolute atomic E-state index is 11.4. The lowest BCUT2D eigenvalue weighted by Gasteiger charge is -2.13. The van der Waals surface area contributed by atoms with Gasteiger partial charge in [-0.25, -0.2) is 5.43 Å². The van der Waals surface area contributed by atoms with Gasteiger partial charge >= 0.3 is 5.97 Å². The van der Waals surface area contributed by atoms with E-state index in [1.807, 2.05) is 0 Å². The van der Waals surface area contributed by atoms with Gasteiger partial charge in [0.05, 0.1) is 0 Å². The quantitative estimate of drug-likeness (QED) is 0.569. The molecular weight excluding hydrogens is 184 g/mol. The van der Waals surface area contributed by atoms with E-state index in [9.17, 15) is 9.59 Å². The number of carboxylic acid groups (broad SMARTS) is 1. The largest absolute Gasteiger partial charge is 0.480 e. The lowest BCUT2D eigenvalue weighted by atomic mass is 10.1. The van der Waals surface area contributed by atoms with Crippen LogP contribution in [-0.2, 0) is 9.59 Å². The van der Waals surface area contributed by atoms with Crippen LogP contribution in [0.4, 0.5) is 0 Å². The van der Waals surface area contributed by atoms with Gasteiger partial charge in [-0.2, -0.15) is 0 Å². The molecule has 0 aliphatic heterocycles. The van der Waals surface area contributed by atoms with E-state index >= 15 is 0 Å². The highest BCUT2D eigenvalue weighted by atomic mass is 16.4. The van der Waals surface area contributed by atoms with Gasteiger partial charge in [0.25, 0.3) is 0 Å². The zero-order chi connectivity index (χ0) is 10.6. The summed E-state index contributed by atoms with van der Waals surface area (Å²) in [6.45, 7) is 1.48. The third-order valence-electron chi connectivity index (χ3n) is 2.51. The Bertz CT molecular complexity index is 224. The van der Waals surface area contributed by atoms with Gasteiger partial charge in [0.15, 0.2) is 0 Å². The van der Waals surface area contributed by atoms with E-state index in [0.29, 0.717) is 0 Å². The van der Waals surface area contributed by atoms with Crippen LogP contribution in [0.2, 0.25) is 0 Å². The highest BCUT2D eigenvalue weighted by Gasteiger charge is 2.23. The van der Waals surface area contributed by atoms with E-state index in [-0.39, 0.29) is 11.8 Å². The highest BCUT2D eigenvalue weighted by molar-refractivity contribution is 5.79. The summed E-state index contributed by atoms with van der Waals surface area (Å²) in [6.07, 6.45) is 4.00. The molecule has 0 aromatic rings. The summed E-state index contributed by atoms with van der Waals surface area (Å²) in [4.78, 5) is 21.8. The van der Waals surface area contributed by atoms with Crippen LogP contribution in [0.5, 0.6) is 0 Å². The minimum Gasteiger partial charge on any atom is -0.480 e. The molecule has 1 aliphatic carbocycles. The minimum absolute atomic E-state index is 0.0588. The number of amides is 1. The second-order valence-electron chi connectivity index (χ2n) is 3.67. The minimum atomic E-state index is -0.975. The van der Waals surface area contributed by atoms with Gasteiger partial charge in [-0.05, 0) is 19.8 Å². The number of carbonyl (C=O) groups excluding carboxylic acids is 1. The summed E-state index contributed by atoms with van der Waals surface area (Å²) < 4.78 is 0. The Kier molecular flexibility index (Phi) is 3.88. The van der Waals surface area contributed by atoms with Crippen molar-refractivity contribution in [1.82, 2.24) is 10.9 Å². The van der Waals surface area contributed by atoms with E-state index < -0.39 is 12.0 Å². The summed E-state index contributed by atoms with van der Waals surface area (Å²) in [5, 5.41) is 8.55. The molecule has 0 aromatic carbocycles. The van der Waals surface area contributed by atoms with Gasteiger partial charge in [-0.1, -0.05) is 12.8 Å². The molecule has 0 bridgehead atoms. The fourth-order valence-corrected chi connectivity index (χ4v) is 1.53. The van der Waals surface area contributed by atoms with Crippen LogP contribution < -0.4 is 10.9 Å². The summed E-state index contributed by atoms with van der Waals surface area (Å²) in [5.41, 5.74) is 4.90. The van der Waals surface area contributed by atoms with Crippen LogP contribution in [0.1, 0.15) is 32.6 Å². The molecule has 3 N–H and O–H groups in total. The molecule has 0 unspecified atom stereocenters. The zero-order valence-electron chi connectivity index (χ0n) is 8.25. The molecule has 1 saturated carbocycles. The van der Waals surface area contributed by atoms with E-state index in [0.717, 1.165) is 25.7 Å². The number of hydrogen-bond donors (Lipinski definition) is 3. The number of carbonyl (C=O) groups is 2. The molecule has 14 heavy (non-hydrogen) atoms. The molecule has 0 spiro atoms. The topological polar surface area (TPSA) is 78.4 Å². The number of nitrogens with one attached hydrogen (secondary N) is 2. The van der Waals surface area contributed by atoms with Gasteiger partial charge in [0.1, 0.15) is 6.04 Å². The third-order valence-corrected chi connectivity index (χ3v) is 2.51. The highest BCUT2D eigenvalue weighted by Crippen LogP contribution is 2.24. The maximum atomic E-state index is 11.4. The Morgan fingerprint density at radius 1 is 1.36 bits per heavy atom. The molecule has 0 heterocycles. The van der Waals surface area contributed by atoms with Crippen molar-refractivity contribution in [3.05, 3.63) is 0 Å². The molecule has 1 amide bonds. The van der Waals surface area contributed by atoms with E-state index in [1.54, 1.807) is 0 Å². The number of hydrogen-bond acceptors (Lipinski definition) is 3. The molecule has 0 saturated heterocycles. The van der Waals surface area contributed by atoms with Gasteiger partial charge < -0.3 is 5.11 Å². The zero-order valence-corrected chi connectivity index (χ0v) is 8.25. The molecule has 1 aliphatic rings. The van der Waals surface area contributed by atoms with Crippen molar-refractivity contribution < 1.29 is 14.7 Å². The first-order valence-corrected chi connectivity index (χ1v) is 4.89. The average Bonchev–Trinajstić information content (AvgIpc) is 2.66. The number of aliphatic carboxylic acids is 1. The lowest BCUT2D eigenvalue weighted by molar-refractivity contribution is -0.139. The van der Waals surface area contributed by atoms with Crippen molar-refractivity contribution in [3.8, 4) is 0 Å². The fourth-order valence-electron chi connectivity index (χ4n) is 1.53. The Morgan fingerprint density at radius 3 is 2.43 bits per heavy atom. The Balaban J connectivity index is 2.23. The van der Waals surface area contributed by atoms with E-state index in [1.165, 1.54) is 6.92 Å². The standard InChI is InChI=1S/C9H16N2O3/c1-6(9(13)14)10-11-8(12)7-4-2-3-5-7/h6-7,10H,2-5H2,1H3,(H,11,12)(H,13,14)/t6-/m0/s1. The molecule has 0 aromatic heterocycles. The van der Waals surface area contributed by atoms with Crippen molar-refractivity contribution >= 4 is 11.9 Å². The van der Waals surface area contributed by atoms with Crippen molar-refractivity contribution in [2.45, 2.75) is 38.6 Å². The van der Waals surface area contributed by atoms with Crippen LogP contribution in [0.15, 0.2) is 0 Å². The summed E-state index contributed by atoms with van der Waals surface area (Å²) in [5.74, 6) is -1.00. The van der Waals surface area contributed by atoms with E-state index in [2.05, 4.69) is 10.9 Å². The first-order chi connectivity index (χ1) is 6.61. The smallest absolute Gasteiger partial charge is 0.322 e. The van der Waals surface area contributed by atoms with Gasteiger partial charge in [0.2, 0.25) is 5.91 Å². The van der Waals surface area contributed by atoms with Crippen LogP contribution in [-0.4, -0.2) is 23.0 Å². The lowest BCUT2D eigenvalue weighted by Crippen LogP contribution is -2.48. The Hall–Kier alpha value is -1.10. The average molecular weight is 200 g/mol. The molecule has 1 fully saturated rings. The maximum Gasteiger partial charge on any atom is 0.322 e. The van der Waals surface area contributed by atoms with Gasteiger partial charge in [-0.3, -0.25) is 15.0 Å². The van der Waals surface area contributed by atoms with E-state index in [4.69, 9.17) is 5.11 Å². The molecule has 1 rings (SSSR count). The fraction of sp³-hybridized carbons (Fsp3) is 0.778. The first-order valence-electron chi connectivity index (χ1n) is 4.89. The number of hydrazine groups is 1. The first kappa shape index (κ1) is 11.0. The van der Waals surface area contributed by atoms with Crippen molar-refractivity contribution in [3.63, 3.8) is 0 Å².